The first kappa shape index (κ1) is 27.2. The number of hydrogen-bond donors (Lipinski definition) is 2. The van der Waals surface area contributed by atoms with E-state index in [1.165, 1.54) is 44.6 Å². The van der Waals surface area contributed by atoms with Gasteiger partial charge in [-0.1, -0.05) is 13.8 Å². The van der Waals surface area contributed by atoms with Crippen molar-refractivity contribution in [3.8, 4) is 17.6 Å². The van der Waals surface area contributed by atoms with E-state index in [9.17, 15) is 13.2 Å². The Labute approximate surface area is 218 Å². The van der Waals surface area contributed by atoms with Crippen molar-refractivity contribution in [1.29, 1.82) is 0 Å². The van der Waals surface area contributed by atoms with Gasteiger partial charge >= 0.3 is 6.01 Å². The quantitative estimate of drug-likeness (QED) is 0.334. The van der Waals surface area contributed by atoms with Gasteiger partial charge < -0.3 is 19.5 Å². The molecule has 12 heteroatoms. The maximum atomic E-state index is 12.8. The monoisotopic (exact) mass is 578 g/mol. The number of anilines is 2. The van der Waals surface area contributed by atoms with Crippen LogP contribution >= 0.6 is 15.9 Å². The molecule has 10 nitrogen and oxygen atoms in total. The van der Waals surface area contributed by atoms with Crippen molar-refractivity contribution in [2.24, 2.45) is 5.92 Å². The summed E-state index contributed by atoms with van der Waals surface area (Å²) in [5.41, 5.74) is 0.848. The van der Waals surface area contributed by atoms with Crippen LogP contribution in [0.3, 0.4) is 0 Å². The Morgan fingerprint density at radius 1 is 1.03 bits per heavy atom. The molecule has 0 radical (unpaired) electrons. The third-order valence-electron chi connectivity index (χ3n) is 4.88. The Hall–Kier alpha value is -3.38. The predicted molar refractivity (Wildman–Crippen MR) is 139 cm³/mol. The van der Waals surface area contributed by atoms with Crippen LogP contribution in [0, 0.1) is 5.92 Å². The van der Waals surface area contributed by atoms with Gasteiger partial charge in [-0.3, -0.25) is 9.52 Å². The highest BCUT2D eigenvalue weighted by atomic mass is 79.9. The molecule has 2 N–H and O–H groups in total. The molecular formula is C24H27BrN4O6S. The van der Waals surface area contributed by atoms with Gasteiger partial charge in [0.15, 0.2) is 5.82 Å². The van der Waals surface area contributed by atoms with Gasteiger partial charge in [-0.05, 0) is 70.7 Å². The lowest BCUT2D eigenvalue weighted by Gasteiger charge is -2.12. The highest BCUT2D eigenvalue weighted by Gasteiger charge is 2.17. The highest BCUT2D eigenvalue weighted by Crippen LogP contribution is 2.27. The van der Waals surface area contributed by atoms with E-state index >= 15 is 0 Å². The van der Waals surface area contributed by atoms with Gasteiger partial charge in [-0.25, -0.2) is 8.42 Å². The number of hydrogen-bond acceptors (Lipinski definition) is 8. The second-order valence-corrected chi connectivity index (χ2v) is 10.6. The van der Waals surface area contributed by atoms with Crippen LogP contribution < -0.4 is 24.2 Å². The van der Waals surface area contributed by atoms with Crippen molar-refractivity contribution in [1.82, 2.24) is 9.97 Å². The molecule has 1 aromatic heterocycles. The summed E-state index contributed by atoms with van der Waals surface area (Å²) in [6.45, 7) is 4.83. The number of aromatic nitrogens is 2. The summed E-state index contributed by atoms with van der Waals surface area (Å²) in [5.74, 6) is 0.967. The molecule has 0 fully saturated rings. The van der Waals surface area contributed by atoms with Crippen LogP contribution in [0.5, 0.6) is 17.6 Å². The molecule has 0 aliphatic rings. The van der Waals surface area contributed by atoms with Crippen molar-refractivity contribution in [3.05, 3.63) is 58.6 Å². The lowest BCUT2D eigenvalue weighted by atomic mass is 10.1. The lowest BCUT2D eigenvalue weighted by molar-refractivity contribution is 0.102. The number of methoxy groups -OCH3 is 2. The zero-order valence-corrected chi connectivity index (χ0v) is 22.6. The Bertz CT molecular complexity index is 1290. The molecule has 0 atom stereocenters. The van der Waals surface area contributed by atoms with E-state index in [2.05, 4.69) is 49.8 Å². The maximum Gasteiger partial charge on any atom is 0.321 e. The van der Waals surface area contributed by atoms with E-state index < -0.39 is 10.0 Å². The van der Waals surface area contributed by atoms with Crippen LogP contribution in [0.1, 0.15) is 30.6 Å². The van der Waals surface area contributed by atoms with E-state index in [-0.39, 0.29) is 28.5 Å². The number of amides is 1. The van der Waals surface area contributed by atoms with Crippen LogP contribution in [0.15, 0.2) is 57.9 Å². The fraction of sp³-hybridized carbons (Fsp3) is 0.292. The summed E-state index contributed by atoms with van der Waals surface area (Å²) in [5, 5.41) is 2.75. The number of carbonyl (C=O) groups excluding carboxylic acids is 1. The summed E-state index contributed by atoms with van der Waals surface area (Å²) in [7, 11) is -1.22. The first-order valence-electron chi connectivity index (χ1n) is 10.9. The molecule has 3 aromatic rings. The van der Waals surface area contributed by atoms with Gasteiger partial charge in [-0.2, -0.15) is 9.97 Å². The summed E-state index contributed by atoms with van der Waals surface area (Å²) in [6, 6.07) is 12.1. The molecule has 192 valence electrons. The van der Waals surface area contributed by atoms with Crippen molar-refractivity contribution < 1.29 is 27.4 Å². The van der Waals surface area contributed by atoms with Crippen LogP contribution in [0.4, 0.5) is 11.5 Å². The minimum Gasteiger partial charge on any atom is -0.492 e. The van der Waals surface area contributed by atoms with Gasteiger partial charge in [0.2, 0.25) is 5.88 Å². The van der Waals surface area contributed by atoms with Crippen molar-refractivity contribution in [2.75, 3.05) is 30.9 Å². The minimum absolute atomic E-state index is 0.0155. The van der Waals surface area contributed by atoms with E-state index in [1.54, 1.807) is 18.2 Å². The van der Waals surface area contributed by atoms with Crippen molar-refractivity contribution >= 4 is 43.4 Å². The topological polar surface area (TPSA) is 129 Å². The number of nitrogens with zero attached hydrogens (tertiary/aromatic N) is 2. The fourth-order valence-electron chi connectivity index (χ4n) is 2.93. The average molecular weight is 579 g/mol. The van der Waals surface area contributed by atoms with Crippen LogP contribution in [-0.4, -0.2) is 45.1 Å². The largest absolute Gasteiger partial charge is 0.492 e. The molecule has 1 heterocycles. The Kier molecular flexibility index (Phi) is 9.10. The van der Waals surface area contributed by atoms with E-state index in [1.807, 2.05) is 0 Å². The molecule has 0 aliphatic carbocycles. The van der Waals surface area contributed by atoms with Gasteiger partial charge in [0.05, 0.1) is 30.2 Å². The predicted octanol–water partition coefficient (Wildman–Crippen LogP) is 4.73. The fourth-order valence-corrected chi connectivity index (χ4v) is 4.42. The number of nitrogens with one attached hydrogen (secondary N) is 2. The van der Waals surface area contributed by atoms with Gasteiger partial charge in [0.1, 0.15) is 5.75 Å². The van der Waals surface area contributed by atoms with Gasteiger partial charge in [0.25, 0.3) is 15.9 Å². The zero-order chi connectivity index (χ0) is 26.3. The van der Waals surface area contributed by atoms with Gasteiger partial charge in [-0.15, -0.1) is 0 Å². The van der Waals surface area contributed by atoms with Crippen molar-refractivity contribution in [3.63, 3.8) is 0 Å². The normalized spacial score (nSPS) is 11.2. The second-order valence-electron chi connectivity index (χ2n) is 8.04. The number of rotatable bonds is 11. The SMILES string of the molecule is COc1cc(NS(=O)(=O)c2ccc(NC(=O)c3ccc(OCCC(C)C)c(Br)c3)cc2)nc(OC)n1. The van der Waals surface area contributed by atoms with Crippen LogP contribution in [0.25, 0.3) is 0 Å². The molecular weight excluding hydrogens is 552 g/mol. The van der Waals surface area contributed by atoms with E-state index in [0.717, 1.165) is 6.42 Å². The molecule has 0 aliphatic heterocycles. The number of sulfonamides is 1. The van der Waals surface area contributed by atoms with Gasteiger partial charge in [0, 0.05) is 17.3 Å². The summed E-state index contributed by atoms with van der Waals surface area (Å²) >= 11 is 3.44. The molecule has 36 heavy (non-hydrogen) atoms. The molecule has 2 aromatic carbocycles. The molecule has 0 bridgehead atoms. The molecule has 0 saturated carbocycles. The third-order valence-corrected chi connectivity index (χ3v) is 6.87. The standard InChI is InChI=1S/C24H27BrN4O6S/c1-15(2)11-12-35-20-10-5-16(13-19(20)25)23(30)26-17-6-8-18(9-7-17)36(31,32)29-21-14-22(33-3)28-24(27-21)34-4/h5-10,13-15H,11-12H2,1-4H3,(H,26,30)(H,27,28,29). The average Bonchev–Trinajstić information content (AvgIpc) is 2.84. The summed E-state index contributed by atoms with van der Waals surface area (Å²) in [6.07, 6.45) is 0.928. The number of ether oxygens (including phenoxy) is 3. The molecule has 0 saturated heterocycles. The van der Waals surface area contributed by atoms with Crippen LogP contribution in [-0.2, 0) is 10.0 Å². The minimum atomic E-state index is -3.97. The second kappa shape index (κ2) is 12.0. The zero-order valence-electron chi connectivity index (χ0n) is 20.2. The Morgan fingerprint density at radius 2 is 1.75 bits per heavy atom. The lowest BCUT2D eigenvalue weighted by Crippen LogP contribution is -2.15. The highest BCUT2D eigenvalue weighted by molar-refractivity contribution is 9.10. The van der Waals surface area contributed by atoms with Crippen molar-refractivity contribution in [2.45, 2.75) is 25.2 Å². The summed E-state index contributed by atoms with van der Waals surface area (Å²) < 4.78 is 44.3. The molecule has 0 unspecified atom stereocenters. The third kappa shape index (κ3) is 7.31. The first-order valence-corrected chi connectivity index (χ1v) is 13.2. The molecule has 0 spiro atoms. The number of carbonyl (C=O) groups is 1. The smallest absolute Gasteiger partial charge is 0.321 e. The Morgan fingerprint density at radius 3 is 2.36 bits per heavy atom. The van der Waals surface area contributed by atoms with E-state index in [0.29, 0.717) is 34.0 Å². The maximum absolute atomic E-state index is 12.8. The number of benzene rings is 2. The first-order chi connectivity index (χ1) is 17.1. The number of halogens is 1. The van der Waals surface area contributed by atoms with E-state index in [4.69, 9.17) is 14.2 Å². The molecule has 3 rings (SSSR count). The molecule has 1 amide bonds. The Balaban J connectivity index is 1.67. The summed E-state index contributed by atoms with van der Waals surface area (Å²) in [4.78, 5) is 20.5. The van der Waals surface area contributed by atoms with Crippen LogP contribution in [0.2, 0.25) is 0 Å².